The van der Waals surface area contributed by atoms with E-state index >= 15 is 0 Å². The molecule has 0 radical (unpaired) electrons. The average molecular weight is 211 g/mol. The molecule has 0 saturated carbocycles. The van der Waals surface area contributed by atoms with Crippen LogP contribution in [0.15, 0.2) is 12.3 Å². The van der Waals surface area contributed by atoms with Crippen molar-refractivity contribution in [3.8, 4) is 0 Å². The van der Waals surface area contributed by atoms with Crippen molar-refractivity contribution in [1.82, 2.24) is 4.98 Å². The smallest absolute Gasteiger partial charge is 0.284 e. The van der Waals surface area contributed by atoms with Crippen molar-refractivity contribution in [2.45, 2.75) is 6.18 Å². The van der Waals surface area contributed by atoms with E-state index in [2.05, 4.69) is 4.98 Å². The number of pyridine rings is 1. The number of alkyl halides is 3. The lowest BCUT2D eigenvalue weighted by molar-refractivity contribution is -0.0887. The monoisotopic (exact) mass is 211 g/mol. The highest BCUT2D eigenvalue weighted by Gasteiger charge is 2.41. The molecule has 0 spiro atoms. The number of ketones is 1. The van der Waals surface area contributed by atoms with Gasteiger partial charge in [0.1, 0.15) is 0 Å². The zero-order valence-corrected chi connectivity index (χ0v) is 6.40. The number of hydrogen-bond acceptors (Lipinski definition) is 2. The molecular formula is C7H2F5NO. The van der Waals surface area contributed by atoms with E-state index in [0.717, 1.165) is 0 Å². The highest BCUT2D eigenvalue weighted by Crippen LogP contribution is 2.22. The number of carbonyl (C=O) groups excluding carboxylic acids is 1. The van der Waals surface area contributed by atoms with E-state index in [1.807, 2.05) is 0 Å². The van der Waals surface area contributed by atoms with Gasteiger partial charge in [-0.3, -0.25) is 4.79 Å². The number of rotatable bonds is 1. The van der Waals surface area contributed by atoms with Crippen LogP contribution in [0.4, 0.5) is 22.0 Å². The molecule has 0 aliphatic rings. The molecule has 0 saturated heterocycles. The number of nitrogens with zero attached hydrogens (tertiary/aromatic N) is 1. The van der Waals surface area contributed by atoms with Crippen LogP contribution in [0.3, 0.4) is 0 Å². The second-order valence-corrected chi connectivity index (χ2v) is 2.31. The van der Waals surface area contributed by atoms with Crippen LogP contribution in [-0.4, -0.2) is 16.9 Å². The zero-order valence-electron chi connectivity index (χ0n) is 6.40. The predicted molar refractivity (Wildman–Crippen MR) is 34.5 cm³/mol. The first kappa shape index (κ1) is 10.6. The van der Waals surface area contributed by atoms with Crippen LogP contribution in [0, 0.1) is 11.8 Å². The molecule has 1 rings (SSSR count). The third kappa shape index (κ3) is 2.04. The van der Waals surface area contributed by atoms with Crippen molar-refractivity contribution in [2.75, 3.05) is 0 Å². The second kappa shape index (κ2) is 3.32. The molecule has 0 fully saturated rings. The van der Waals surface area contributed by atoms with Crippen molar-refractivity contribution in [2.24, 2.45) is 0 Å². The standard InChI is InChI=1S/C7H2F5NO/c8-4-2-13-5(9)1-3(4)6(14)7(10,11)12/h1-2H. The summed E-state index contributed by atoms with van der Waals surface area (Å²) in [6.07, 6.45) is -5.01. The van der Waals surface area contributed by atoms with Gasteiger partial charge in [0.05, 0.1) is 11.8 Å². The highest BCUT2D eigenvalue weighted by molar-refractivity contribution is 6.00. The fourth-order valence-corrected chi connectivity index (χ4v) is 0.740. The molecule has 1 heterocycles. The van der Waals surface area contributed by atoms with Crippen LogP contribution in [0.1, 0.15) is 10.4 Å². The Hall–Kier alpha value is -1.53. The molecule has 0 amide bonds. The summed E-state index contributed by atoms with van der Waals surface area (Å²) in [4.78, 5) is 13.2. The molecule has 2 nitrogen and oxygen atoms in total. The van der Waals surface area contributed by atoms with E-state index < -0.39 is 29.3 Å². The largest absolute Gasteiger partial charge is 0.454 e. The summed E-state index contributed by atoms with van der Waals surface area (Å²) in [5.41, 5.74) is -1.37. The molecule has 1 aromatic heterocycles. The fourth-order valence-electron chi connectivity index (χ4n) is 0.740. The Bertz CT molecular complexity index is 373. The number of hydrogen-bond donors (Lipinski definition) is 0. The van der Waals surface area contributed by atoms with E-state index in [1.54, 1.807) is 0 Å². The van der Waals surface area contributed by atoms with Crippen molar-refractivity contribution in [1.29, 1.82) is 0 Å². The van der Waals surface area contributed by atoms with Gasteiger partial charge in [-0.05, 0) is 0 Å². The Morgan fingerprint density at radius 3 is 2.36 bits per heavy atom. The number of aromatic nitrogens is 1. The van der Waals surface area contributed by atoms with Crippen LogP contribution in [0.5, 0.6) is 0 Å². The van der Waals surface area contributed by atoms with E-state index in [4.69, 9.17) is 0 Å². The highest BCUT2D eigenvalue weighted by atomic mass is 19.4. The van der Waals surface area contributed by atoms with Gasteiger partial charge >= 0.3 is 6.18 Å². The van der Waals surface area contributed by atoms with Gasteiger partial charge in [-0.25, -0.2) is 9.37 Å². The van der Waals surface area contributed by atoms with Gasteiger partial charge in [0.15, 0.2) is 5.82 Å². The summed E-state index contributed by atoms with van der Waals surface area (Å²) in [5, 5.41) is 0. The Balaban J connectivity index is 3.19. The molecule has 0 atom stereocenters. The quantitative estimate of drug-likeness (QED) is 0.404. The number of Topliss-reactive ketones (excluding diaryl/α,β-unsaturated/α-hetero) is 1. The maximum absolute atomic E-state index is 12.6. The number of carbonyl (C=O) groups is 1. The summed E-state index contributed by atoms with van der Waals surface area (Å²) < 4.78 is 60.3. The molecule has 7 heteroatoms. The lowest BCUT2D eigenvalue weighted by Gasteiger charge is -2.05. The van der Waals surface area contributed by atoms with Crippen LogP contribution < -0.4 is 0 Å². The van der Waals surface area contributed by atoms with Crippen LogP contribution >= 0.6 is 0 Å². The molecular weight excluding hydrogens is 209 g/mol. The summed E-state index contributed by atoms with van der Waals surface area (Å²) in [6, 6.07) is 0.102. The lowest BCUT2D eigenvalue weighted by Crippen LogP contribution is -2.24. The summed E-state index contributed by atoms with van der Waals surface area (Å²) in [5.74, 6) is -5.29. The molecule has 0 unspecified atom stereocenters. The van der Waals surface area contributed by atoms with Crippen LogP contribution in [-0.2, 0) is 0 Å². The molecule has 0 aromatic carbocycles. The summed E-state index contributed by atoms with van der Waals surface area (Å²) in [7, 11) is 0. The third-order valence-corrected chi connectivity index (χ3v) is 1.32. The van der Waals surface area contributed by atoms with Crippen molar-refractivity contribution in [3.63, 3.8) is 0 Å². The summed E-state index contributed by atoms with van der Waals surface area (Å²) >= 11 is 0. The minimum absolute atomic E-state index is 0.102. The van der Waals surface area contributed by atoms with E-state index in [1.165, 1.54) is 0 Å². The lowest BCUT2D eigenvalue weighted by atomic mass is 10.1. The SMILES string of the molecule is O=C(c1cc(F)ncc1F)C(F)(F)F. The predicted octanol–water partition coefficient (Wildman–Crippen LogP) is 2.10. The van der Waals surface area contributed by atoms with Gasteiger partial charge < -0.3 is 0 Å². The molecule has 76 valence electrons. The van der Waals surface area contributed by atoms with Gasteiger partial charge in [-0.1, -0.05) is 0 Å². The normalized spacial score (nSPS) is 11.5. The maximum Gasteiger partial charge on any atom is 0.454 e. The first-order valence-electron chi connectivity index (χ1n) is 3.25. The van der Waals surface area contributed by atoms with Crippen LogP contribution in [0.2, 0.25) is 0 Å². The molecule has 0 N–H and O–H groups in total. The molecule has 14 heavy (non-hydrogen) atoms. The van der Waals surface area contributed by atoms with E-state index in [9.17, 15) is 26.7 Å². The van der Waals surface area contributed by atoms with Gasteiger partial charge in [0, 0.05) is 6.07 Å². The maximum atomic E-state index is 12.6. The average Bonchev–Trinajstić information content (AvgIpc) is 2.06. The topological polar surface area (TPSA) is 30.0 Å². The van der Waals surface area contributed by atoms with Crippen molar-refractivity contribution >= 4 is 5.78 Å². The third-order valence-electron chi connectivity index (χ3n) is 1.32. The van der Waals surface area contributed by atoms with Gasteiger partial charge in [0.25, 0.3) is 5.78 Å². The fraction of sp³-hybridized carbons (Fsp3) is 0.143. The Kier molecular flexibility index (Phi) is 2.50. The number of halogens is 5. The van der Waals surface area contributed by atoms with Crippen LogP contribution in [0.25, 0.3) is 0 Å². The van der Waals surface area contributed by atoms with Crippen molar-refractivity contribution in [3.05, 3.63) is 29.6 Å². The molecule has 1 aromatic rings. The van der Waals surface area contributed by atoms with E-state index in [-0.39, 0.29) is 12.3 Å². The first-order chi connectivity index (χ1) is 6.32. The zero-order chi connectivity index (χ0) is 10.9. The van der Waals surface area contributed by atoms with Gasteiger partial charge in [-0.15, -0.1) is 0 Å². The second-order valence-electron chi connectivity index (χ2n) is 2.31. The minimum atomic E-state index is -5.23. The first-order valence-corrected chi connectivity index (χ1v) is 3.25. The van der Waals surface area contributed by atoms with E-state index in [0.29, 0.717) is 0 Å². The summed E-state index contributed by atoms with van der Waals surface area (Å²) in [6.45, 7) is 0. The molecule has 0 aliphatic heterocycles. The Labute approximate surface area is 74.4 Å². The van der Waals surface area contributed by atoms with Crippen molar-refractivity contribution < 1.29 is 26.7 Å². The molecule has 0 aliphatic carbocycles. The molecule has 0 bridgehead atoms. The van der Waals surface area contributed by atoms with Gasteiger partial charge in [-0.2, -0.15) is 17.6 Å². The van der Waals surface area contributed by atoms with Gasteiger partial charge in [0.2, 0.25) is 5.95 Å². The Morgan fingerprint density at radius 2 is 1.86 bits per heavy atom. The Morgan fingerprint density at radius 1 is 1.29 bits per heavy atom. The minimum Gasteiger partial charge on any atom is -0.284 e.